The minimum atomic E-state index is -0.614. The largest absolute Gasteiger partial charge is 0.468 e. The summed E-state index contributed by atoms with van der Waals surface area (Å²) < 4.78 is 18.1. The van der Waals surface area contributed by atoms with Crippen LogP contribution < -0.4 is 5.32 Å². The number of nitrogens with zero attached hydrogens (tertiary/aromatic N) is 2. The van der Waals surface area contributed by atoms with Crippen molar-refractivity contribution in [1.29, 1.82) is 0 Å². The second-order valence-electron chi connectivity index (χ2n) is 4.47. The monoisotopic (exact) mass is 335 g/mol. The SMILES string of the molecule is COC(=O)C(C)Sc1ccc(NC(=O)c2ccccc2F)nn1. The second-order valence-corrected chi connectivity index (χ2v) is 5.84. The number of halogens is 1. The molecule has 1 N–H and O–H groups in total. The highest BCUT2D eigenvalue weighted by Gasteiger charge is 2.16. The molecule has 1 aromatic heterocycles. The Morgan fingerprint density at radius 2 is 1.96 bits per heavy atom. The van der Waals surface area contributed by atoms with Crippen molar-refractivity contribution < 1.29 is 18.7 Å². The molecule has 0 spiro atoms. The van der Waals surface area contributed by atoms with Crippen LogP contribution in [0.1, 0.15) is 17.3 Å². The van der Waals surface area contributed by atoms with Gasteiger partial charge in [0.05, 0.1) is 12.7 Å². The van der Waals surface area contributed by atoms with Crippen LogP contribution >= 0.6 is 11.8 Å². The van der Waals surface area contributed by atoms with Crippen molar-refractivity contribution in [2.75, 3.05) is 12.4 Å². The molecular weight excluding hydrogens is 321 g/mol. The van der Waals surface area contributed by atoms with Gasteiger partial charge in [0.15, 0.2) is 5.82 Å². The molecule has 120 valence electrons. The number of methoxy groups -OCH3 is 1. The van der Waals surface area contributed by atoms with Gasteiger partial charge >= 0.3 is 5.97 Å². The number of amides is 1. The molecular formula is C15H14FN3O3S. The number of thioether (sulfide) groups is 1. The van der Waals surface area contributed by atoms with Crippen LogP contribution in [0.25, 0.3) is 0 Å². The van der Waals surface area contributed by atoms with E-state index < -0.39 is 17.0 Å². The van der Waals surface area contributed by atoms with Gasteiger partial charge < -0.3 is 10.1 Å². The van der Waals surface area contributed by atoms with Gasteiger partial charge in [0.1, 0.15) is 16.1 Å². The van der Waals surface area contributed by atoms with Crippen molar-refractivity contribution in [2.45, 2.75) is 17.2 Å². The van der Waals surface area contributed by atoms with Crippen LogP contribution in [-0.4, -0.2) is 34.4 Å². The predicted molar refractivity (Wildman–Crippen MR) is 83.7 cm³/mol. The summed E-state index contributed by atoms with van der Waals surface area (Å²) in [6, 6.07) is 8.78. The smallest absolute Gasteiger partial charge is 0.318 e. The summed E-state index contributed by atoms with van der Waals surface area (Å²) >= 11 is 1.18. The summed E-state index contributed by atoms with van der Waals surface area (Å²) in [5.41, 5.74) is -0.0768. The van der Waals surface area contributed by atoms with E-state index in [4.69, 9.17) is 0 Å². The Hall–Kier alpha value is -2.48. The van der Waals surface area contributed by atoms with Crippen LogP contribution in [0, 0.1) is 5.82 Å². The molecule has 0 saturated heterocycles. The molecule has 0 saturated carbocycles. The Kier molecular flexibility index (Phi) is 5.64. The topological polar surface area (TPSA) is 81.2 Å². The van der Waals surface area contributed by atoms with Crippen molar-refractivity contribution in [2.24, 2.45) is 0 Å². The fourth-order valence-electron chi connectivity index (χ4n) is 1.67. The Labute approximate surface area is 136 Å². The third kappa shape index (κ3) is 4.49. The average molecular weight is 335 g/mol. The van der Waals surface area contributed by atoms with E-state index in [-0.39, 0.29) is 17.4 Å². The highest BCUT2D eigenvalue weighted by Crippen LogP contribution is 2.22. The van der Waals surface area contributed by atoms with Crippen LogP contribution in [-0.2, 0) is 9.53 Å². The van der Waals surface area contributed by atoms with Gasteiger partial charge in [-0.15, -0.1) is 10.2 Å². The van der Waals surface area contributed by atoms with Gasteiger partial charge in [-0.1, -0.05) is 23.9 Å². The van der Waals surface area contributed by atoms with Crippen molar-refractivity contribution in [3.05, 3.63) is 47.8 Å². The van der Waals surface area contributed by atoms with Crippen molar-refractivity contribution >= 4 is 29.5 Å². The number of hydrogen-bond acceptors (Lipinski definition) is 6. The number of carbonyl (C=O) groups excluding carboxylic acids is 2. The molecule has 1 amide bonds. The molecule has 0 bridgehead atoms. The van der Waals surface area contributed by atoms with Crippen molar-refractivity contribution in [1.82, 2.24) is 10.2 Å². The number of hydrogen-bond donors (Lipinski definition) is 1. The van der Waals surface area contributed by atoms with Gasteiger partial charge in [-0.2, -0.15) is 0 Å². The molecule has 0 aliphatic rings. The predicted octanol–water partition coefficient (Wildman–Crippen LogP) is 2.52. The van der Waals surface area contributed by atoms with Crippen molar-refractivity contribution in [3.8, 4) is 0 Å². The first-order valence-corrected chi connectivity index (χ1v) is 7.53. The molecule has 0 fully saturated rings. The number of nitrogens with one attached hydrogen (secondary N) is 1. The van der Waals surface area contributed by atoms with E-state index in [2.05, 4.69) is 20.3 Å². The molecule has 0 aliphatic heterocycles. The quantitative estimate of drug-likeness (QED) is 0.668. The summed E-state index contributed by atoms with van der Waals surface area (Å²) in [6.07, 6.45) is 0. The van der Waals surface area contributed by atoms with Gasteiger partial charge in [-0.3, -0.25) is 9.59 Å². The summed E-state index contributed by atoms with van der Waals surface area (Å²) in [4.78, 5) is 23.3. The minimum absolute atomic E-state index is 0.0768. The van der Waals surface area contributed by atoms with E-state index in [9.17, 15) is 14.0 Å². The van der Waals surface area contributed by atoms with E-state index in [1.54, 1.807) is 19.1 Å². The number of aromatic nitrogens is 2. The molecule has 1 unspecified atom stereocenters. The highest BCUT2D eigenvalue weighted by atomic mass is 32.2. The first kappa shape index (κ1) is 16.9. The zero-order chi connectivity index (χ0) is 16.8. The van der Waals surface area contributed by atoms with Gasteiger partial charge in [0, 0.05) is 0 Å². The standard InChI is InChI=1S/C15H14FN3O3S/c1-9(15(21)22-2)23-13-8-7-12(18-19-13)17-14(20)10-5-3-4-6-11(10)16/h3-9H,1-2H3,(H,17,18,20). The third-order valence-corrected chi connectivity index (χ3v) is 3.84. The first-order chi connectivity index (χ1) is 11.0. The number of esters is 1. The summed E-state index contributed by atoms with van der Waals surface area (Å²) in [5, 5.41) is 10.3. The summed E-state index contributed by atoms with van der Waals surface area (Å²) in [6.45, 7) is 1.69. The maximum Gasteiger partial charge on any atom is 0.318 e. The summed E-state index contributed by atoms with van der Waals surface area (Å²) in [7, 11) is 1.31. The molecule has 0 radical (unpaired) electrons. The normalized spacial score (nSPS) is 11.6. The molecule has 23 heavy (non-hydrogen) atoms. The number of benzene rings is 1. The number of carbonyl (C=O) groups is 2. The third-order valence-electron chi connectivity index (χ3n) is 2.83. The average Bonchev–Trinajstić information content (AvgIpc) is 2.56. The number of rotatable bonds is 5. The highest BCUT2D eigenvalue weighted by molar-refractivity contribution is 8.00. The Morgan fingerprint density at radius 3 is 2.57 bits per heavy atom. The minimum Gasteiger partial charge on any atom is -0.468 e. The number of ether oxygens (including phenoxy) is 1. The fraction of sp³-hybridized carbons (Fsp3) is 0.200. The van der Waals surface area contributed by atoms with E-state index in [1.165, 1.54) is 43.1 Å². The number of anilines is 1. The zero-order valence-electron chi connectivity index (χ0n) is 12.4. The van der Waals surface area contributed by atoms with E-state index in [0.29, 0.717) is 5.03 Å². The Balaban J connectivity index is 2.01. The lowest BCUT2D eigenvalue weighted by Crippen LogP contribution is -2.16. The van der Waals surface area contributed by atoms with Gasteiger partial charge in [0.2, 0.25) is 0 Å². The lowest BCUT2D eigenvalue weighted by Gasteiger charge is -2.08. The van der Waals surface area contributed by atoms with Gasteiger partial charge in [-0.25, -0.2) is 4.39 Å². The maximum absolute atomic E-state index is 13.5. The summed E-state index contributed by atoms with van der Waals surface area (Å²) in [5.74, 6) is -1.40. The molecule has 2 rings (SSSR count). The van der Waals surface area contributed by atoms with Crippen LogP contribution in [0.3, 0.4) is 0 Å². The molecule has 6 nitrogen and oxygen atoms in total. The fourth-order valence-corrected chi connectivity index (χ4v) is 2.46. The van der Waals surface area contributed by atoms with Gasteiger partial charge in [0.25, 0.3) is 5.91 Å². The van der Waals surface area contributed by atoms with Crippen LogP contribution in [0.2, 0.25) is 0 Å². The first-order valence-electron chi connectivity index (χ1n) is 6.65. The van der Waals surface area contributed by atoms with Gasteiger partial charge in [-0.05, 0) is 31.2 Å². The van der Waals surface area contributed by atoms with E-state index in [1.807, 2.05) is 0 Å². The molecule has 1 atom stereocenters. The molecule has 1 heterocycles. The van der Waals surface area contributed by atoms with Crippen molar-refractivity contribution in [3.63, 3.8) is 0 Å². The molecule has 8 heteroatoms. The molecule has 0 aliphatic carbocycles. The zero-order valence-corrected chi connectivity index (χ0v) is 13.3. The molecule has 2 aromatic rings. The second kappa shape index (κ2) is 7.68. The Bertz CT molecular complexity index is 709. The molecule has 1 aromatic carbocycles. The lowest BCUT2D eigenvalue weighted by atomic mass is 10.2. The van der Waals surface area contributed by atoms with Crippen LogP contribution in [0.15, 0.2) is 41.4 Å². The van der Waals surface area contributed by atoms with Crippen LogP contribution in [0.5, 0.6) is 0 Å². The maximum atomic E-state index is 13.5. The van der Waals surface area contributed by atoms with E-state index >= 15 is 0 Å². The van der Waals surface area contributed by atoms with E-state index in [0.717, 1.165) is 0 Å². The Morgan fingerprint density at radius 1 is 1.22 bits per heavy atom. The van der Waals surface area contributed by atoms with Crippen LogP contribution in [0.4, 0.5) is 10.2 Å². The lowest BCUT2D eigenvalue weighted by molar-refractivity contribution is -0.139.